The topological polar surface area (TPSA) is 49.0 Å². The van der Waals surface area contributed by atoms with Crippen LogP contribution in [0.3, 0.4) is 0 Å². The molecule has 2 rings (SSSR count). The van der Waals surface area contributed by atoms with Gasteiger partial charge >= 0.3 is 6.18 Å². The molecule has 0 unspecified atom stereocenters. The summed E-state index contributed by atoms with van der Waals surface area (Å²) in [6, 6.07) is 7.37. The quantitative estimate of drug-likeness (QED) is 0.834. The Balaban J connectivity index is 1.98. The van der Waals surface area contributed by atoms with Crippen LogP contribution in [-0.4, -0.2) is 40.0 Å². The minimum atomic E-state index is -4.42. The number of aromatic nitrogens is 2. The van der Waals surface area contributed by atoms with Gasteiger partial charge in [-0.25, -0.2) is 4.98 Å². The molecule has 2 aromatic rings. The molecular weight excluding hydrogens is 295 g/mol. The maximum absolute atomic E-state index is 12.4. The van der Waals surface area contributed by atoms with E-state index in [1.54, 1.807) is 0 Å². The molecule has 0 saturated heterocycles. The van der Waals surface area contributed by atoms with Crippen molar-refractivity contribution in [3.8, 4) is 0 Å². The number of H-pyrrole nitrogens is 1. The molecule has 0 spiro atoms. The monoisotopic (exact) mass is 311 g/mol. The molecule has 0 bridgehead atoms. The van der Waals surface area contributed by atoms with Gasteiger partial charge in [0.25, 0.3) is 0 Å². The normalized spacial score (nSPS) is 11.6. The van der Waals surface area contributed by atoms with E-state index >= 15 is 0 Å². The molecule has 22 heavy (non-hydrogen) atoms. The first-order valence-electron chi connectivity index (χ1n) is 6.78. The van der Waals surface area contributed by atoms with Gasteiger partial charge in [-0.05, 0) is 12.1 Å². The lowest BCUT2D eigenvalue weighted by molar-refractivity contribution is -0.160. The number of alkyl halides is 3. The Labute approximate surface area is 125 Å². The van der Waals surface area contributed by atoms with Crippen LogP contribution < -0.4 is 0 Å². The Morgan fingerprint density at radius 3 is 2.73 bits per heavy atom. The molecule has 0 aliphatic rings. The van der Waals surface area contributed by atoms with E-state index in [-0.39, 0.29) is 19.4 Å². The lowest BCUT2D eigenvalue weighted by Crippen LogP contribution is -2.39. The van der Waals surface area contributed by atoms with E-state index in [9.17, 15) is 18.0 Å². The minimum Gasteiger partial charge on any atom is -0.342 e. The van der Waals surface area contributed by atoms with E-state index in [1.807, 2.05) is 24.3 Å². The van der Waals surface area contributed by atoms with Crippen LogP contribution in [-0.2, 0) is 11.2 Å². The Bertz CT molecular complexity index is 630. The highest BCUT2D eigenvalue weighted by Crippen LogP contribution is 2.17. The standard InChI is InChI=1S/C15H16F3N3O/c1-2-9-21(10-15(16,17)18)14(22)8-7-13-19-11-5-3-4-6-12(11)20-13/h2-6H,1,7-10H2,(H,19,20). The first-order chi connectivity index (χ1) is 10.4. The molecule has 1 amide bonds. The number of nitrogens with zero attached hydrogens (tertiary/aromatic N) is 2. The number of carbonyl (C=O) groups is 1. The van der Waals surface area contributed by atoms with Crippen molar-refractivity contribution in [3.05, 3.63) is 42.7 Å². The molecule has 1 aromatic carbocycles. The molecule has 0 radical (unpaired) electrons. The molecule has 118 valence electrons. The van der Waals surface area contributed by atoms with Crippen LogP contribution >= 0.6 is 0 Å². The van der Waals surface area contributed by atoms with Crippen molar-refractivity contribution in [1.29, 1.82) is 0 Å². The zero-order chi connectivity index (χ0) is 16.2. The van der Waals surface area contributed by atoms with E-state index in [0.29, 0.717) is 5.82 Å². The number of imidazole rings is 1. The summed E-state index contributed by atoms with van der Waals surface area (Å²) in [7, 11) is 0. The number of rotatable bonds is 6. The van der Waals surface area contributed by atoms with Gasteiger partial charge in [0.05, 0.1) is 11.0 Å². The summed E-state index contributed by atoms with van der Waals surface area (Å²) < 4.78 is 37.3. The largest absolute Gasteiger partial charge is 0.406 e. The fourth-order valence-electron chi connectivity index (χ4n) is 2.13. The van der Waals surface area contributed by atoms with Gasteiger partial charge in [0.2, 0.25) is 5.91 Å². The van der Waals surface area contributed by atoms with Gasteiger partial charge in [-0.1, -0.05) is 18.2 Å². The van der Waals surface area contributed by atoms with Crippen LogP contribution in [0.1, 0.15) is 12.2 Å². The number of para-hydroxylation sites is 2. The summed E-state index contributed by atoms with van der Waals surface area (Å²) in [4.78, 5) is 20.0. The Hall–Kier alpha value is -2.31. The van der Waals surface area contributed by atoms with Gasteiger partial charge in [-0.15, -0.1) is 6.58 Å². The number of fused-ring (bicyclic) bond motifs is 1. The van der Waals surface area contributed by atoms with Crippen LogP contribution in [0.2, 0.25) is 0 Å². The molecule has 0 fully saturated rings. The average Bonchev–Trinajstić information content (AvgIpc) is 2.85. The van der Waals surface area contributed by atoms with Gasteiger partial charge in [-0.3, -0.25) is 4.79 Å². The fourth-order valence-corrected chi connectivity index (χ4v) is 2.13. The van der Waals surface area contributed by atoms with E-state index < -0.39 is 18.6 Å². The van der Waals surface area contributed by atoms with Gasteiger partial charge in [0, 0.05) is 19.4 Å². The Kier molecular flexibility index (Phi) is 4.85. The maximum atomic E-state index is 12.4. The van der Waals surface area contributed by atoms with Crippen LogP contribution in [0.4, 0.5) is 13.2 Å². The van der Waals surface area contributed by atoms with Crippen LogP contribution in [0.15, 0.2) is 36.9 Å². The number of carbonyl (C=O) groups excluding carboxylic acids is 1. The Morgan fingerprint density at radius 2 is 2.09 bits per heavy atom. The first-order valence-corrected chi connectivity index (χ1v) is 6.78. The summed E-state index contributed by atoms with van der Waals surface area (Å²) in [5.74, 6) is 0.0118. The molecule has 0 aliphatic carbocycles. The van der Waals surface area contributed by atoms with E-state index in [2.05, 4.69) is 16.5 Å². The summed E-state index contributed by atoms with van der Waals surface area (Å²) >= 11 is 0. The number of halogens is 3. The fraction of sp³-hybridized carbons (Fsp3) is 0.333. The highest BCUT2D eigenvalue weighted by atomic mass is 19.4. The van der Waals surface area contributed by atoms with Crippen molar-refractivity contribution in [2.45, 2.75) is 19.0 Å². The SMILES string of the molecule is C=CCN(CC(F)(F)F)C(=O)CCc1nc2ccccc2[nH]1. The molecule has 1 aromatic heterocycles. The van der Waals surface area contributed by atoms with Gasteiger partial charge in [0.15, 0.2) is 0 Å². The van der Waals surface area contributed by atoms with Crippen molar-refractivity contribution < 1.29 is 18.0 Å². The third-order valence-corrected chi connectivity index (χ3v) is 3.09. The summed E-state index contributed by atoms with van der Waals surface area (Å²) in [6.07, 6.45) is -2.91. The van der Waals surface area contributed by atoms with Crippen LogP contribution in [0.25, 0.3) is 11.0 Å². The summed E-state index contributed by atoms with van der Waals surface area (Å²) in [6.45, 7) is 1.99. The summed E-state index contributed by atoms with van der Waals surface area (Å²) in [5, 5.41) is 0. The van der Waals surface area contributed by atoms with Crippen molar-refractivity contribution >= 4 is 16.9 Å². The maximum Gasteiger partial charge on any atom is 0.406 e. The highest BCUT2D eigenvalue weighted by molar-refractivity contribution is 5.77. The second kappa shape index (κ2) is 6.64. The molecule has 7 heteroatoms. The van der Waals surface area contributed by atoms with Gasteiger partial charge < -0.3 is 9.88 Å². The number of amides is 1. The third-order valence-electron chi connectivity index (χ3n) is 3.09. The first kappa shape index (κ1) is 16.1. The van der Waals surface area contributed by atoms with E-state index in [1.165, 1.54) is 6.08 Å². The molecule has 0 atom stereocenters. The Morgan fingerprint density at radius 1 is 1.36 bits per heavy atom. The number of benzene rings is 1. The molecule has 1 heterocycles. The van der Waals surface area contributed by atoms with Crippen molar-refractivity contribution in [2.75, 3.05) is 13.1 Å². The second-order valence-electron chi connectivity index (χ2n) is 4.88. The van der Waals surface area contributed by atoms with Gasteiger partial charge in [-0.2, -0.15) is 13.2 Å². The second-order valence-corrected chi connectivity index (χ2v) is 4.88. The molecular formula is C15H16F3N3O. The molecule has 4 nitrogen and oxygen atoms in total. The lowest BCUT2D eigenvalue weighted by atomic mass is 10.2. The van der Waals surface area contributed by atoms with E-state index in [0.717, 1.165) is 15.9 Å². The minimum absolute atomic E-state index is 0.0380. The van der Waals surface area contributed by atoms with Crippen LogP contribution in [0.5, 0.6) is 0 Å². The number of hydrogen-bond donors (Lipinski definition) is 1. The average molecular weight is 311 g/mol. The lowest BCUT2D eigenvalue weighted by Gasteiger charge is -2.22. The predicted molar refractivity (Wildman–Crippen MR) is 77.2 cm³/mol. The zero-order valence-corrected chi connectivity index (χ0v) is 11.9. The van der Waals surface area contributed by atoms with Crippen molar-refractivity contribution in [1.82, 2.24) is 14.9 Å². The molecule has 0 saturated carbocycles. The predicted octanol–water partition coefficient (Wildman–Crippen LogP) is 3.07. The third kappa shape index (κ3) is 4.34. The number of nitrogens with one attached hydrogen (secondary N) is 1. The van der Waals surface area contributed by atoms with Crippen molar-refractivity contribution in [3.63, 3.8) is 0 Å². The number of aryl methyl sites for hydroxylation is 1. The molecule has 0 aliphatic heterocycles. The number of aromatic amines is 1. The zero-order valence-electron chi connectivity index (χ0n) is 11.9. The number of hydrogen-bond acceptors (Lipinski definition) is 2. The van der Waals surface area contributed by atoms with Crippen LogP contribution in [0, 0.1) is 0 Å². The van der Waals surface area contributed by atoms with Crippen molar-refractivity contribution in [2.24, 2.45) is 0 Å². The van der Waals surface area contributed by atoms with Gasteiger partial charge in [0.1, 0.15) is 12.4 Å². The van der Waals surface area contributed by atoms with E-state index in [4.69, 9.17) is 0 Å². The smallest absolute Gasteiger partial charge is 0.342 e. The molecule has 1 N–H and O–H groups in total. The summed E-state index contributed by atoms with van der Waals surface area (Å²) in [5.41, 5.74) is 1.60. The highest BCUT2D eigenvalue weighted by Gasteiger charge is 2.32.